The molecule has 1 N–H and O–H groups in total. The van der Waals surface area contributed by atoms with Crippen LogP contribution in [0.25, 0.3) is 11.3 Å². The van der Waals surface area contributed by atoms with E-state index in [0.29, 0.717) is 28.2 Å². The standard InChI is InChI=1S/C24H27BrN4O3S/c1-3-32-22-9-7-19(25)16-23(22)33(30,31)28-20-6-4-5-18(15-20)21-8-10-24(27-26-21)29-13-11-17(2)12-14-29/h4-10,15-17,28H,3,11-14H2,1-2H3. The van der Waals surface area contributed by atoms with E-state index in [-0.39, 0.29) is 4.90 Å². The third-order valence-corrected chi connectivity index (χ3v) is 7.56. The maximum Gasteiger partial charge on any atom is 0.265 e. The lowest BCUT2D eigenvalue weighted by molar-refractivity contribution is 0.331. The Morgan fingerprint density at radius 2 is 1.88 bits per heavy atom. The van der Waals surface area contributed by atoms with E-state index in [2.05, 4.69) is 42.7 Å². The molecule has 33 heavy (non-hydrogen) atoms. The van der Waals surface area contributed by atoms with Crippen LogP contribution in [0.15, 0.2) is 64.0 Å². The Kier molecular flexibility index (Phi) is 7.19. The van der Waals surface area contributed by atoms with Gasteiger partial charge in [-0.2, -0.15) is 0 Å². The van der Waals surface area contributed by atoms with Gasteiger partial charge in [0, 0.05) is 28.8 Å². The van der Waals surface area contributed by atoms with Crippen molar-refractivity contribution in [3.8, 4) is 17.0 Å². The van der Waals surface area contributed by atoms with Crippen LogP contribution in [-0.4, -0.2) is 38.3 Å². The number of sulfonamides is 1. The Morgan fingerprint density at radius 1 is 1.09 bits per heavy atom. The molecule has 1 aliphatic rings. The molecule has 3 aromatic rings. The first kappa shape index (κ1) is 23.5. The van der Waals surface area contributed by atoms with Crippen molar-refractivity contribution in [1.29, 1.82) is 0 Å². The molecule has 1 saturated heterocycles. The molecule has 0 spiro atoms. The minimum absolute atomic E-state index is 0.0733. The summed E-state index contributed by atoms with van der Waals surface area (Å²) in [6.07, 6.45) is 2.32. The van der Waals surface area contributed by atoms with Gasteiger partial charge >= 0.3 is 0 Å². The van der Waals surface area contributed by atoms with Crippen LogP contribution >= 0.6 is 15.9 Å². The normalized spacial score (nSPS) is 14.8. The van der Waals surface area contributed by atoms with Crippen LogP contribution in [0.3, 0.4) is 0 Å². The van der Waals surface area contributed by atoms with Crippen LogP contribution in [0.5, 0.6) is 5.75 Å². The SMILES string of the molecule is CCOc1ccc(Br)cc1S(=O)(=O)Nc1cccc(-c2ccc(N3CCC(C)CC3)nn2)c1. The van der Waals surface area contributed by atoms with Crippen molar-refractivity contribution in [2.45, 2.75) is 31.6 Å². The summed E-state index contributed by atoms with van der Waals surface area (Å²) in [5.41, 5.74) is 1.90. The molecule has 0 bridgehead atoms. The lowest BCUT2D eigenvalue weighted by Crippen LogP contribution is -2.33. The first-order chi connectivity index (χ1) is 15.9. The van der Waals surface area contributed by atoms with Gasteiger partial charge < -0.3 is 9.64 Å². The highest BCUT2D eigenvalue weighted by Crippen LogP contribution is 2.30. The molecule has 7 nitrogen and oxygen atoms in total. The fraction of sp³-hybridized carbons (Fsp3) is 0.333. The summed E-state index contributed by atoms with van der Waals surface area (Å²) in [5.74, 6) is 1.93. The summed E-state index contributed by atoms with van der Waals surface area (Å²) in [4.78, 5) is 2.33. The van der Waals surface area contributed by atoms with Gasteiger partial charge in [-0.25, -0.2) is 8.42 Å². The molecule has 0 unspecified atom stereocenters. The van der Waals surface area contributed by atoms with Gasteiger partial charge in [0.2, 0.25) is 0 Å². The molecule has 0 aliphatic carbocycles. The van der Waals surface area contributed by atoms with E-state index in [1.807, 2.05) is 25.1 Å². The van der Waals surface area contributed by atoms with Gasteiger partial charge in [-0.15, -0.1) is 10.2 Å². The Morgan fingerprint density at radius 3 is 2.58 bits per heavy atom. The predicted octanol–water partition coefficient (Wildman–Crippen LogP) is 5.34. The fourth-order valence-electron chi connectivity index (χ4n) is 3.80. The van der Waals surface area contributed by atoms with Crippen molar-refractivity contribution in [3.63, 3.8) is 0 Å². The van der Waals surface area contributed by atoms with Gasteiger partial charge in [0.05, 0.1) is 12.3 Å². The zero-order valence-electron chi connectivity index (χ0n) is 18.7. The molecule has 1 aliphatic heterocycles. The average molecular weight is 531 g/mol. The molecule has 2 heterocycles. The first-order valence-electron chi connectivity index (χ1n) is 11.0. The second-order valence-corrected chi connectivity index (χ2v) is 10.7. The molecule has 9 heteroatoms. The Labute approximate surface area is 203 Å². The van der Waals surface area contributed by atoms with Gasteiger partial charge in [0.1, 0.15) is 10.6 Å². The van der Waals surface area contributed by atoms with Gasteiger partial charge in [-0.05, 0) is 68.1 Å². The number of benzene rings is 2. The lowest BCUT2D eigenvalue weighted by Gasteiger charge is -2.30. The van der Waals surface area contributed by atoms with Crippen molar-refractivity contribution < 1.29 is 13.2 Å². The van der Waals surface area contributed by atoms with Crippen LogP contribution in [0.4, 0.5) is 11.5 Å². The zero-order chi connectivity index (χ0) is 23.4. The first-order valence-corrected chi connectivity index (χ1v) is 13.3. The highest BCUT2D eigenvalue weighted by Gasteiger charge is 2.21. The number of ether oxygens (including phenoxy) is 1. The molecule has 0 atom stereocenters. The van der Waals surface area contributed by atoms with Gasteiger partial charge in [-0.1, -0.05) is 35.0 Å². The predicted molar refractivity (Wildman–Crippen MR) is 134 cm³/mol. The van der Waals surface area contributed by atoms with Crippen molar-refractivity contribution in [2.24, 2.45) is 5.92 Å². The number of nitrogens with one attached hydrogen (secondary N) is 1. The summed E-state index contributed by atoms with van der Waals surface area (Å²) in [7, 11) is -3.86. The largest absolute Gasteiger partial charge is 0.492 e. The second kappa shape index (κ2) is 10.1. The zero-order valence-corrected chi connectivity index (χ0v) is 21.1. The molecule has 0 amide bonds. The maximum absolute atomic E-state index is 13.1. The van der Waals surface area contributed by atoms with E-state index in [1.165, 1.54) is 6.07 Å². The lowest BCUT2D eigenvalue weighted by atomic mass is 9.99. The van der Waals surface area contributed by atoms with E-state index >= 15 is 0 Å². The van der Waals surface area contributed by atoms with E-state index in [9.17, 15) is 8.42 Å². The fourth-order valence-corrected chi connectivity index (χ4v) is 5.54. The van der Waals surface area contributed by atoms with Crippen molar-refractivity contribution in [3.05, 3.63) is 59.1 Å². The smallest absolute Gasteiger partial charge is 0.265 e. The third-order valence-electron chi connectivity index (χ3n) is 5.66. The molecule has 1 aromatic heterocycles. The quantitative estimate of drug-likeness (QED) is 0.443. The number of hydrogen-bond donors (Lipinski definition) is 1. The van der Waals surface area contributed by atoms with E-state index < -0.39 is 10.0 Å². The number of hydrogen-bond acceptors (Lipinski definition) is 6. The van der Waals surface area contributed by atoms with Crippen LogP contribution in [0.1, 0.15) is 26.7 Å². The summed E-state index contributed by atoms with van der Waals surface area (Å²) in [6.45, 7) is 6.44. The van der Waals surface area contributed by atoms with Crippen LogP contribution < -0.4 is 14.4 Å². The monoisotopic (exact) mass is 530 g/mol. The minimum atomic E-state index is -3.86. The molecule has 174 valence electrons. The molecule has 4 rings (SSSR count). The van der Waals surface area contributed by atoms with Crippen molar-refractivity contribution >= 4 is 37.5 Å². The molecule has 1 fully saturated rings. The van der Waals surface area contributed by atoms with E-state index in [4.69, 9.17) is 4.74 Å². The third kappa shape index (κ3) is 5.65. The van der Waals surface area contributed by atoms with E-state index in [1.54, 1.807) is 30.3 Å². The van der Waals surface area contributed by atoms with Crippen LogP contribution in [0.2, 0.25) is 0 Å². The van der Waals surface area contributed by atoms with Crippen LogP contribution in [-0.2, 0) is 10.0 Å². The number of aromatic nitrogens is 2. The van der Waals surface area contributed by atoms with Crippen molar-refractivity contribution in [2.75, 3.05) is 29.3 Å². The molecule has 0 saturated carbocycles. The van der Waals surface area contributed by atoms with Gasteiger partial charge in [0.25, 0.3) is 10.0 Å². The summed E-state index contributed by atoms with van der Waals surface area (Å²) >= 11 is 3.34. The highest BCUT2D eigenvalue weighted by molar-refractivity contribution is 9.10. The number of rotatable bonds is 7. The summed E-state index contributed by atoms with van der Waals surface area (Å²) in [6, 6.07) is 15.9. The Bertz CT molecular complexity index is 1210. The minimum Gasteiger partial charge on any atom is -0.492 e. The summed E-state index contributed by atoms with van der Waals surface area (Å²) < 4.78 is 35.0. The molecule has 0 radical (unpaired) electrons. The summed E-state index contributed by atoms with van der Waals surface area (Å²) in [5, 5.41) is 8.81. The molecule has 2 aromatic carbocycles. The Hall–Kier alpha value is -2.65. The van der Waals surface area contributed by atoms with Crippen LogP contribution in [0, 0.1) is 5.92 Å². The Balaban J connectivity index is 1.54. The average Bonchev–Trinajstić information content (AvgIpc) is 2.81. The maximum atomic E-state index is 13.1. The number of anilines is 2. The van der Waals surface area contributed by atoms with E-state index in [0.717, 1.165) is 43.2 Å². The topological polar surface area (TPSA) is 84.4 Å². The number of nitrogens with zero attached hydrogens (tertiary/aromatic N) is 3. The highest BCUT2D eigenvalue weighted by atomic mass is 79.9. The molecular weight excluding hydrogens is 504 g/mol. The number of piperidine rings is 1. The van der Waals surface area contributed by atoms with Gasteiger partial charge in [-0.3, -0.25) is 4.72 Å². The number of halogens is 1. The second-order valence-electron chi connectivity index (χ2n) is 8.16. The van der Waals surface area contributed by atoms with Crippen molar-refractivity contribution in [1.82, 2.24) is 10.2 Å². The van der Waals surface area contributed by atoms with Gasteiger partial charge in [0.15, 0.2) is 5.82 Å². The molecular formula is C24H27BrN4O3S.